The topological polar surface area (TPSA) is 99.9 Å². The summed E-state index contributed by atoms with van der Waals surface area (Å²) in [6, 6.07) is 19.4. The Morgan fingerprint density at radius 2 is 1.66 bits per heavy atom. The van der Waals surface area contributed by atoms with Gasteiger partial charge in [0.05, 0.1) is 5.39 Å². The number of benzene rings is 3. The standard InChI is InChI=1S/C38H40ClN3O5/c1-24-19-31-33(43)22-35(47-34(31)20-25(24)2)37(45)40-32(21-26-10-12-29(39)13-11-26)38(46)41-17-14-27(15-18-41)30-8-4-3-7-28(30)23-42-16-6-5-9-36(42)44/h3-4,7-8,10-13,19-20,22,27,32H,5-6,9,14-18,21,23H2,1-2H3,(H,40,45)/t32-/m1/s1. The SMILES string of the molecule is Cc1cc2oc(C(=O)N[C@H](Cc3ccc(Cl)cc3)C(=O)N3CCC(c4ccccc4CN4CCCCC4=O)CC3)cc(=O)c2cc1C. The second-order valence-corrected chi connectivity index (χ2v) is 13.3. The first-order valence-electron chi connectivity index (χ1n) is 16.4. The third kappa shape index (κ3) is 7.43. The van der Waals surface area contributed by atoms with Crippen molar-refractivity contribution in [2.45, 2.75) is 70.9 Å². The number of carbonyl (C=O) groups is 3. The molecule has 0 radical (unpaired) electrons. The molecule has 0 saturated carbocycles. The van der Waals surface area contributed by atoms with Crippen LogP contribution in [0.15, 0.2) is 75.9 Å². The molecule has 244 valence electrons. The van der Waals surface area contributed by atoms with Gasteiger partial charge in [-0.15, -0.1) is 0 Å². The number of piperidine rings is 2. The van der Waals surface area contributed by atoms with Gasteiger partial charge in [0.15, 0.2) is 11.2 Å². The van der Waals surface area contributed by atoms with Crippen molar-refractivity contribution in [2.24, 2.45) is 0 Å². The van der Waals surface area contributed by atoms with Gasteiger partial charge in [0.1, 0.15) is 11.6 Å². The van der Waals surface area contributed by atoms with Crippen LogP contribution in [0.25, 0.3) is 11.0 Å². The Kier molecular flexibility index (Phi) is 9.78. The van der Waals surface area contributed by atoms with Gasteiger partial charge in [-0.05, 0) is 97.5 Å². The van der Waals surface area contributed by atoms with Crippen LogP contribution in [0, 0.1) is 13.8 Å². The molecule has 47 heavy (non-hydrogen) atoms. The number of rotatable bonds is 8. The zero-order valence-corrected chi connectivity index (χ0v) is 27.6. The number of nitrogens with zero attached hydrogens (tertiary/aromatic N) is 2. The van der Waals surface area contributed by atoms with Crippen LogP contribution >= 0.6 is 11.6 Å². The highest BCUT2D eigenvalue weighted by atomic mass is 35.5. The summed E-state index contributed by atoms with van der Waals surface area (Å²) in [7, 11) is 0. The van der Waals surface area contributed by atoms with E-state index in [9.17, 15) is 19.2 Å². The molecule has 0 aliphatic carbocycles. The summed E-state index contributed by atoms with van der Waals surface area (Å²) in [6.07, 6.45) is 4.41. The largest absolute Gasteiger partial charge is 0.451 e. The summed E-state index contributed by atoms with van der Waals surface area (Å²) in [5, 5.41) is 3.87. The molecule has 3 heterocycles. The first-order valence-corrected chi connectivity index (χ1v) is 16.8. The van der Waals surface area contributed by atoms with Crippen molar-refractivity contribution >= 4 is 40.3 Å². The fourth-order valence-electron chi connectivity index (χ4n) is 6.75. The van der Waals surface area contributed by atoms with Gasteiger partial charge >= 0.3 is 0 Å². The number of likely N-dealkylation sites (tertiary alicyclic amines) is 2. The summed E-state index contributed by atoms with van der Waals surface area (Å²) >= 11 is 6.11. The van der Waals surface area contributed by atoms with Gasteiger partial charge in [0.2, 0.25) is 11.8 Å². The summed E-state index contributed by atoms with van der Waals surface area (Å²) in [6.45, 7) is 6.32. The number of amides is 3. The van der Waals surface area contributed by atoms with E-state index in [2.05, 4.69) is 17.4 Å². The Bertz CT molecular complexity index is 1860. The number of carbonyl (C=O) groups excluding carboxylic acids is 3. The maximum absolute atomic E-state index is 14.1. The van der Waals surface area contributed by atoms with E-state index >= 15 is 0 Å². The van der Waals surface area contributed by atoms with Crippen LogP contribution < -0.4 is 10.7 Å². The Balaban J connectivity index is 1.18. The lowest BCUT2D eigenvalue weighted by molar-refractivity contribution is -0.135. The number of nitrogens with one attached hydrogen (secondary N) is 1. The van der Waals surface area contributed by atoms with Gasteiger partial charge in [0.25, 0.3) is 5.91 Å². The van der Waals surface area contributed by atoms with Crippen molar-refractivity contribution in [3.05, 3.63) is 116 Å². The molecule has 8 nitrogen and oxygen atoms in total. The van der Waals surface area contributed by atoms with E-state index in [0.717, 1.165) is 48.9 Å². The highest BCUT2D eigenvalue weighted by Gasteiger charge is 2.32. The first kappa shape index (κ1) is 32.5. The molecule has 0 bridgehead atoms. The zero-order valence-electron chi connectivity index (χ0n) is 26.9. The lowest BCUT2D eigenvalue weighted by Gasteiger charge is -2.36. The summed E-state index contributed by atoms with van der Waals surface area (Å²) < 4.78 is 5.89. The van der Waals surface area contributed by atoms with Crippen molar-refractivity contribution in [2.75, 3.05) is 19.6 Å². The van der Waals surface area contributed by atoms with Crippen molar-refractivity contribution in [3.63, 3.8) is 0 Å². The molecular formula is C38H40ClN3O5. The smallest absolute Gasteiger partial charge is 0.287 e. The zero-order chi connectivity index (χ0) is 33.1. The van der Waals surface area contributed by atoms with Crippen molar-refractivity contribution in [1.82, 2.24) is 15.1 Å². The lowest BCUT2D eigenvalue weighted by Crippen LogP contribution is -2.51. The molecule has 6 rings (SSSR count). The van der Waals surface area contributed by atoms with E-state index in [1.54, 1.807) is 24.3 Å². The van der Waals surface area contributed by atoms with E-state index in [1.165, 1.54) is 17.2 Å². The Labute approximate surface area is 279 Å². The van der Waals surface area contributed by atoms with E-state index < -0.39 is 11.9 Å². The van der Waals surface area contributed by atoms with Gasteiger partial charge in [-0.1, -0.05) is 48.0 Å². The molecule has 0 spiro atoms. The van der Waals surface area contributed by atoms with Gasteiger partial charge in [-0.25, -0.2) is 0 Å². The number of fused-ring (bicyclic) bond motifs is 1. The average molecular weight is 654 g/mol. The molecule has 2 aliphatic heterocycles. The lowest BCUT2D eigenvalue weighted by atomic mass is 9.86. The van der Waals surface area contributed by atoms with E-state index in [4.69, 9.17) is 16.0 Å². The molecule has 3 amide bonds. The molecule has 2 aliphatic rings. The first-order chi connectivity index (χ1) is 22.7. The Morgan fingerprint density at radius 1 is 0.936 bits per heavy atom. The number of aryl methyl sites for hydroxylation is 2. The molecule has 9 heteroatoms. The van der Waals surface area contributed by atoms with Crippen LogP contribution in [0.3, 0.4) is 0 Å². The van der Waals surface area contributed by atoms with Crippen LogP contribution in [-0.4, -0.2) is 53.2 Å². The monoisotopic (exact) mass is 653 g/mol. The Morgan fingerprint density at radius 3 is 2.40 bits per heavy atom. The minimum absolute atomic E-state index is 0.137. The maximum atomic E-state index is 14.1. The second kappa shape index (κ2) is 14.1. The molecule has 1 N–H and O–H groups in total. The maximum Gasteiger partial charge on any atom is 0.287 e. The second-order valence-electron chi connectivity index (χ2n) is 12.8. The number of halogens is 1. The van der Waals surface area contributed by atoms with E-state index in [0.29, 0.717) is 42.0 Å². The average Bonchev–Trinajstić information content (AvgIpc) is 3.07. The minimum atomic E-state index is -0.877. The van der Waals surface area contributed by atoms with E-state index in [1.807, 2.05) is 47.9 Å². The van der Waals surface area contributed by atoms with Gasteiger partial charge in [-0.2, -0.15) is 0 Å². The van der Waals surface area contributed by atoms with Crippen LogP contribution in [0.4, 0.5) is 0 Å². The molecule has 0 unspecified atom stereocenters. The number of hydrogen-bond acceptors (Lipinski definition) is 5. The Hall–Kier alpha value is -4.43. The normalized spacial score (nSPS) is 16.4. The molecule has 1 atom stereocenters. The summed E-state index contributed by atoms with van der Waals surface area (Å²) in [5.74, 6) is -0.465. The van der Waals surface area contributed by atoms with Crippen molar-refractivity contribution < 1.29 is 18.8 Å². The fourth-order valence-corrected chi connectivity index (χ4v) is 6.88. The van der Waals surface area contributed by atoms with Gasteiger partial charge in [-0.3, -0.25) is 19.2 Å². The molecular weight excluding hydrogens is 614 g/mol. The highest BCUT2D eigenvalue weighted by molar-refractivity contribution is 6.30. The van der Waals surface area contributed by atoms with Crippen molar-refractivity contribution in [1.29, 1.82) is 0 Å². The predicted molar refractivity (Wildman–Crippen MR) is 183 cm³/mol. The summed E-state index contributed by atoms with van der Waals surface area (Å²) in [4.78, 5) is 56.8. The van der Waals surface area contributed by atoms with Crippen LogP contribution in [0.5, 0.6) is 0 Å². The van der Waals surface area contributed by atoms with Crippen molar-refractivity contribution in [3.8, 4) is 0 Å². The van der Waals surface area contributed by atoms with Gasteiger partial charge in [0, 0.05) is 50.1 Å². The number of hydrogen-bond donors (Lipinski definition) is 1. The third-order valence-corrected chi connectivity index (χ3v) is 9.86. The molecule has 2 fully saturated rings. The molecule has 2 saturated heterocycles. The highest BCUT2D eigenvalue weighted by Crippen LogP contribution is 2.32. The van der Waals surface area contributed by atoms with E-state index in [-0.39, 0.29) is 35.3 Å². The minimum Gasteiger partial charge on any atom is -0.451 e. The van der Waals surface area contributed by atoms with Gasteiger partial charge < -0.3 is 19.5 Å². The predicted octanol–water partition coefficient (Wildman–Crippen LogP) is 6.32. The quantitative estimate of drug-likeness (QED) is 0.240. The van der Waals surface area contributed by atoms with Crippen LogP contribution in [0.2, 0.25) is 5.02 Å². The fraction of sp³-hybridized carbons (Fsp3) is 0.368. The van der Waals surface area contributed by atoms with Crippen LogP contribution in [0.1, 0.15) is 76.4 Å². The third-order valence-electron chi connectivity index (χ3n) is 9.61. The molecule has 1 aromatic heterocycles. The summed E-state index contributed by atoms with van der Waals surface area (Å²) in [5.41, 5.74) is 5.17. The molecule has 3 aromatic carbocycles. The van der Waals surface area contributed by atoms with Crippen LogP contribution in [-0.2, 0) is 22.6 Å². The molecule has 4 aromatic rings.